The number of benzene rings is 1. The van der Waals surface area contributed by atoms with Gasteiger partial charge in [0.15, 0.2) is 0 Å². The molecule has 0 saturated carbocycles. The number of thiazole rings is 1. The molecule has 1 atom stereocenters. The predicted molar refractivity (Wildman–Crippen MR) is 79.7 cm³/mol. The first-order valence-corrected chi connectivity index (χ1v) is 7.44. The fourth-order valence-electron chi connectivity index (χ4n) is 1.54. The van der Waals surface area contributed by atoms with Crippen molar-refractivity contribution in [3.8, 4) is 0 Å². The largest absolute Gasteiger partial charge is 0.388 e. The Bertz CT molecular complexity index is 529. The van der Waals surface area contributed by atoms with Gasteiger partial charge in [-0.25, -0.2) is 4.98 Å². The maximum absolute atomic E-state index is 10.2. The summed E-state index contributed by atoms with van der Waals surface area (Å²) < 4.78 is 1.02. The Labute approximate surface area is 123 Å². The van der Waals surface area contributed by atoms with E-state index in [1.165, 1.54) is 0 Å². The fourth-order valence-corrected chi connectivity index (χ4v) is 3.23. The number of halogens is 2. The number of nitrogens with zero attached hydrogens (tertiary/aromatic N) is 1. The van der Waals surface area contributed by atoms with Crippen LogP contribution in [0.1, 0.15) is 22.4 Å². The molecule has 5 heteroatoms. The maximum atomic E-state index is 10.2. The van der Waals surface area contributed by atoms with E-state index in [1.807, 2.05) is 30.5 Å². The van der Waals surface area contributed by atoms with Crippen molar-refractivity contribution >= 4 is 45.5 Å². The van der Waals surface area contributed by atoms with Gasteiger partial charge in [-0.15, -0.1) is 11.3 Å². The van der Waals surface area contributed by atoms with Gasteiger partial charge in [-0.05, 0) is 53.3 Å². The average Bonchev–Trinajstić information content (AvgIpc) is 2.67. The van der Waals surface area contributed by atoms with Gasteiger partial charge in [0.05, 0.1) is 11.1 Å². The first-order valence-electron chi connectivity index (χ1n) is 5.10. The van der Waals surface area contributed by atoms with Crippen LogP contribution >= 0.6 is 45.5 Å². The number of aliphatic hydroxyl groups is 1. The van der Waals surface area contributed by atoms with Crippen molar-refractivity contribution in [1.29, 1.82) is 0 Å². The van der Waals surface area contributed by atoms with Crippen molar-refractivity contribution in [3.63, 3.8) is 0 Å². The van der Waals surface area contributed by atoms with E-state index in [1.54, 1.807) is 11.3 Å². The van der Waals surface area contributed by atoms with E-state index in [4.69, 9.17) is 11.6 Å². The van der Waals surface area contributed by atoms with Crippen LogP contribution in [0, 0.1) is 10.5 Å². The molecule has 1 unspecified atom stereocenters. The topological polar surface area (TPSA) is 33.1 Å². The number of aryl methyl sites for hydroxylation is 1. The molecule has 1 heterocycles. The summed E-state index contributed by atoms with van der Waals surface area (Å²) in [6.45, 7) is 1.95. The minimum atomic E-state index is -0.550. The summed E-state index contributed by atoms with van der Waals surface area (Å²) >= 11 is 9.72. The van der Waals surface area contributed by atoms with E-state index < -0.39 is 6.10 Å². The predicted octanol–water partition coefficient (Wildman–Crippen LogP) is 3.99. The molecule has 0 aliphatic heterocycles. The molecular formula is C12H11ClINOS. The van der Waals surface area contributed by atoms with E-state index >= 15 is 0 Å². The highest BCUT2D eigenvalue weighted by Crippen LogP contribution is 2.27. The molecule has 0 spiro atoms. The first kappa shape index (κ1) is 13.3. The summed E-state index contributed by atoms with van der Waals surface area (Å²) in [5, 5.41) is 13.8. The van der Waals surface area contributed by atoms with Gasteiger partial charge < -0.3 is 5.11 Å². The normalized spacial score (nSPS) is 12.7. The highest BCUT2D eigenvalue weighted by molar-refractivity contribution is 14.1. The van der Waals surface area contributed by atoms with Gasteiger partial charge in [0.1, 0.15) is 0 Å². The van der Waals surface area contributed by atoms with Crippen LogP contribution in [0.3, 0.4) is 0 Å². The molecule has 1 aromatic heterocycles. The van der Waals surface area contributed by atoms with Crippen LogP contribution in [0.4, 0.5) is 0 Å². The molecule has 1 aromatic carbocycles. The van der Waals surface area contributed by atoms with Crippen LogP contribution in [-0.2, 0) is 6.42 Å². The Morgan fingerprint density at radius 3 is 2.94 bits per heavy atom. The molecule has 0 aliphatic carbocycles. The van der Waals surface area contributed by atoms with Crippen molar-refractivity contribution in [3.05, 3.63) is 48.4 Å². The lowest BCUT2D eigenvalue weighted by Gasteiger charge is -2.11. The van der Waals surface area contributed by atoms with Gasteiger partial charge in [-0.2, -0.15) is 0 Å². The maximum Gasteiger partial charge on any atom is 0.0957 e. The van der Waals surface area contributed by atoms with Gasteiger partial charge in [0.25, 0.3) is 0 Å². The van der Waals surface area contributed by atoms with Crippen molar-refractivity contribution in [2.24, 2.45) is 0 Å². The molecule has 2 rings (SSSR count). The van der Waals surface area contributed by atoms with Gasteiger partial charge in [-0.3, -0.25) is 0 Å². The third-order valence-electron chi connectivity index (χ3n) is 2.35. The molecule has 90 valence electrons. The van der Waals surface area contributed by atoms with Crippen molar-refractivity contribution in [2.75, 3.05) is 0 Å². The molecule has 0 radical (unpaired) electrons. The van der Waals surface area contributed by atoms with E-state index in [2.05, 4.69) is 27.6 Å². The Balaban J connectivity index is 2.19. The second-order valence-electron chi connectivity index (χ2n) is 3.77. The van der Waals surface area contributed by atoms with Gasteiger partial charge >= 0.3 is 0 Å². The molecular weight excluding hydrogens is 369 g/mol. The van der Waals surface area contributed by atoms with Crippen LogP contribution in [0.15, 0.2) is 23.6 Å². The first-order chi connectivity index (χ1) is 8.06. The number of rotatable bonds is 3. The van der Waals surface area contributed by atoms with E-state index in [-0.39, 0.29) is 0 Å². The van der Waals surface area contributed by atoms with Crippen molar-refractivity contribution < 1.29 is 5.11 Å². The summed E-state index contributed by atoms with van der Waals surface area (Å²) in [5.74, 6) is 0. The van der Waals surface area contributed by atoms with Crippen LogP contribution in [-0.4, -0.2) is 10.1 Å². The lowest BCUT2D eigenvalue weighted by Crippen LogP contribution is -2.03. The summed E-state index contributed by atoms with van der Waals surface area (Å²) in [7, 11) is 0. The monoisotopic (exact) mass is 379 g/mol. The molecule has 0 aliphatic rings. The minimum absolute atomic E-state index is 0.537. The van der Waals surface area contributed by atoms with Gasteiger partial charge in [0.2, 0.25) is 0 Å². The molecule has 2 nitrogen and oxygen atoms in total. The SMILES string of the molecule is Cc1csc(CC(O)c2cc(Cl)ccc2I)n1. The van der Waals surface area contributed by atoms with Crippen molar-refractivity contribution in [1.82, 2.24) is 4.98 Å². The fraction of sp³-hybridized carbons (Fsp3) is 0.250. The quantitative estimate of drug-likeness (QED) is 0.818. The molecule has 0 bridgehead atoms. The van der Waals surface area contributed by atoms with E-state index in [9.17, 15) is 5.11 Å². The van der Waals surface area contributed by atoms with Crippen LogP contribution in [0.5, 0.6) is 0 Å². The van der Waals surface area contributed by atoms with E-state index in [0.717, 1.165) is 19.8 Å². The summed E-state index contributed by atoms with van der Waals surface area (Å²) in [6.07, 6.45) is -0.0133. The zero-order valence-electron chi connectivity index (χ0n) is 9.15. The van der Waals surface area contributed by atoms with Crippen molar-refractivity contribution in [2.45, 2.75) is 19.4 Å². The highest BCUT2D eigenvalue weighted by Gasteiger charge is 2.14. The number of aliphatic hydroxyl groups excluding tert-OH is 1. The highest BCUT2D eigenvalue weighted by atomic mass is 127. The van der Waals surface area contributed by atoms with Crippen LogP contribution in [0.25, 0.3) is 0 Å². The average molecular weight is 380 g/mol. The Kier molecular flexibility index (Phi) is 4.41. The summed E-state index contributed by atoms with van der Waals surface area (Å²) in [4.78, 5) is 4.35. The standard InChI is InChI=1S/C12H11ClINOS/c1-7-6-17-12(15-7)5-11(16)9-4-8(13)2-3-10(9)14/h2-4,6,11,16H,5H2,1H3. The lowest BCUT2D eigenvalue weighted by atomic mass is 10.1. The second kappa shape index (κ2) is 5.65. The van der Waals surface area contributed by atoms with Gasteiger partial charge in [0, 0.05) is 26.1 Å². The number of hydrogen-bond donors (Lipinski definition) is 1. The molecule has 17 heavy (non-hydrogen) atoms. The number of aromatic nitrogens is 1. The van der Waals surface area contributed by atoms with Gasteiger partial charge in [-0.1, -0.05) is 11.6 Å². The summed E-state index contributed by atoms with van der Waals surface area (Å²) in [5.41, 5.74) is 1.86. The molecule has 0 saturated heterocycles. The van der Waals surface area contributed by atoms with Crippen LogP contribution < -0.4 is 0 Å². The Morgan fingerprint density at radius 2 is 2.29 bits per heavy atom. The molecule has 0 amide bonds. The van der Waals surface area contributed by atoms with E-state index in [0.29, 0.717) is 11.4 Å². The molecule has 0 fully saturated rings. The zero-order chi connectivity index (χ0) is 12.4. The third-order valence-corrected chi connectivity index (χ3v) is 4.56. The smallest absolute Gasteiger partial charge is 0.0957 e. The van der Waals surface area contributed by atoms with Crippen LogP contribution in [0.2, 0.25) is 5.02 Å². The Morgan fingerprint density at radius 1 is 1.53 bits per heavy atom. The Hall–Kier alpha value is -0.170. The second-order valence-corrected chi connectivity index (χ2v) is 6.31. The third kappa shape index (κ3) is 3.40. The molecule has 1 N–H and O–H groups in total. The summed E-state index contributed by atoms with van der Waals surface area (Å²) in [6, 6.07) is 5.55. The molecule has 2 aromatic rings. The minimum Gasteiger partial charge on any atom is -0.388 e. The zero-order valence-corrected chi connectivity index (χ0v) is 12.9. The number of hydrogen-bond acceptors (Lipinski definition) is 3. The lowest BCUT2D eigenvalue weighted by molar-refractivity contribution is 0.177.